The number of hydrogen-bond acceptors (Lipinski definition) is 4. The number of hydrogen-bond donors (Lipinski definition) is 2. The lowest BCUT2D eigenvalue weighted by molar-refractivity contribution is -0.137. The molecule has 0 aliphatic heterocycles. The lowest BCUT2D eigenvalue weighted by atomic mass is 10.2. The van der Waals surface area contributed by atoms with Gasteiger partial charge in [-0.1, -0.05) is 0 Å². The molecule has 0 aliphatic carbocycles. The Morgan fingerprint density at radius 1 is 1.50 bits per heavy atom. The van der Waals surface area contributed by atoms with Crippen LogP contribution in [0.5, 0.6) is 0 Å². The molecule has 1 aromatic rings. The highest BCUT2D eigenvalue weighted by atomic mass is 32.2. The highest BCUT2D eigenvalue weighted by Crippen LogP contribution is 2.33. The third kappa shape index (κ3) is 3.78. The number of nitrogens with one attached hydrogen (secondary N) is 1. The van der Waals surface area contributed by atoms with Crippen LogP contribution in [-0.2, 0) is 6.18 Å². The second-order valence-corrected chi connectivity index (χ2v) is 4.86. The van der Waals surface area contributed by atoms with Crippen molar-refractivity contribution < 1.29 is 18.3 Å². The Kier molecular flexibility index (Phi) is 5.28. The van der Waals surface area contributed by atoms with Gasteiger partial charge in [0.1, 0.15) is 5.82 Å². The van der Waals surface area contributed by atoms with Crippen molar-refractivity contribution in [2.45, 2.75) is 24.4 Å². The molecule has 2 N–H and O–H groups in total. The number of aromatic nitrogens is 1. The smallest absolute Gasteiger partial charge is 0.395 e. The molecule has 0 aromatic carbocycles. The topological polar surface area (TPSA) is 45.1 Å². The van der Waals surface area contributed by atoms with E-state index in [1.165, 1.54) is 24.0 Å². The summed E-state index contributed by atoms with van der Waals surface area (Å²) in [7, 11) is 0. The number of aliphatic hydroxyl groups is 1. The van der Waals surface area contributed by atoms with E-state index >= 15 is 0 Å². The zero-order chi connectivity index (χ0) is 13.8. The quantitative estimate of drug-likeness (QED) is 0.870. The Hall–Kier alpha value is -0.950. The molecular weight excluding hydrogens is 265 g/mol. The van der Waals surface area contributed by atoms with Crippen LogP contribution in [-0.4, -0.2) is 34.2 Å². The summed E-state index contributed by atoms with van der Waals surface area (Å²) in [5.41, 5.74) is -0.797. The minimum atomic E-state index is -4.44. The zero-order valence-corrected chi connectivity index (χ0v) is 10.8. The lowest BCUT2D eigenvalue weighted by Gasteiger charge is -2.23. The van der Waals surface area contributed by atoms with Crippen LogP contribution in [0, 0.1) is 0 Å². The molecule has 1 rings (SSSR count). The number of halogens is 3. The first-order valence-electron chi connectivity index (χ1n) is 5.32. The Labute approximate surface area is 108 Å². The summed E-state index contributed by atoms with van der Waals surface area (Å²) in [6, 6.07) is 1.91. The number of rotatable bonds is 5. The van der Waals surface area contributed by atoms with Gasteiger partial charge >= 0.3 is 6.18 Å². The van der Waals surface area contributed by atoms with E-state index in [0.717, 1.165) is 6.07 Å². The third-order valence-corrected chi connectivity index (χ3v) is 3.68. The average Bonchev–Trinajstić information content (AvgIpc) is 2.30. The summed E-state index contributed by atoms with van der Waals surface area (Å²) in [5, 5.41) is 11.6. The van der Waals surface area contributed by atoms with Crippen molar-refractivity contribution in [1.82, 2.24) is 4.98 Å². The fourth-order valence-corrected chi connectivity index (χ4v) is 2.12. The van der Waals surface area contributed by atoms with Gasteiger partial charge in [-0.15, -0.1) is 0 Å². The van der Waals surface area contributed by atoms with Gasteiger partial charge in [0.25, 0.3) is 0 Å². The Morgan fingerprint density at radius 2 is 2.17 bits per heavy atom. The van der Waals surface area contributed by atoms with Crippen LogP contribution in [0.1, 0.15) is 12.5 Å². The van der Waals surface area contributed by atoms with Crippen LogP contribution in [0.4, 0.5) is 19.0 Å². The highest BCUT2D eigenvalue weighted by molar-refractivity contribution is 7.99. The predicted molar refractivity (Wildman–Crippen MR) is 66.7 cm³/mol. The van der Waals surface area contributed by atoms with Crippen LogP contribution in [0.2, 0.25) is 0 Å². The molecule has 1 heterocycles. The maximum absolute atomic E-state index is 12.7. The Bertz CT molecular complexity index is 383. The van der Waals surface area contributed by atoms with Crippen molar-refractivity contribution in [3.63, 3.8) is 0 Å². The minimum Gasteiger partial charge on any atom is -0.395 e. The third-order valence-electron chi connectivity index (χ3n) is 2.52. The van der Waals surface area contributed by atoms with Gasteiger partial charge in [-0.3, -0.25) is 0 Å². The van der Waals surface area contributed by atoms with Crippen molar-refractivity contribution in [3.8, 4) is 0 Å². The maximum Gasteiger partial charge on any atom is 0.419 e. The first-order valence-corrected chi connectivity index (χ1v) is 6.61. The van der Waals surface area contributed by atoms with E-state index in [0.29, 0.717) is 0 Å². The fraction of sp³-hybridized carbons (Fsp3) is 0.545. The molecular formula is C11H15F3N2OS. The average molecular weight is 280 g/mol. The van der Waals surface area contributed by atoms with Gasteiger partial charge in [-0.25, -0.2) is 4.98 Å². The maximum atomic E-state index is 12.7. The van der Waals surface area contributed by atoms with Gasteiger partial charge in [-0.05, 0) is 25.3 Å². The number of alkyl halides is 3. The largest absolute Gasteiger partial charge is 0.419 e. The molecule has 2 atom stereocenters. The first-order chi connectivity index (χ1) is 8.40. The normalized spacial score (nSPS) is 15.2. The van der Waals surface area contributed by atoms with Crippen LogP contribution < -0.4 is 5.32 Å². The van der Waals surface area contributed by atoms with Crippen molar-refractivity contribution in [2.24, 2.45) is 0 Å². The molecule has 2 unspecified atom stereocenters. The summed E-state index contributed by atoms with van der Waals surface area (Å²) in [4.78, 5) is 3.71. The van der Waals surface area contributed by atoms with Crippen LogP contribution in [0.25, 0.3) is 0 Å². The molecule has 0 saturated heterocycles. The molecule has 0 saturated carbocycles. The molecule has 0 spiro atoms. The molecule has 102 valence electrons. The van der Waals surface area contributed by atoms with Gasteiger partial charge in [0, 0.05) is 17.5 Å². The van der Waals surface area contributed by atoms with Crippen LogP contribution in [0.3, 0.4) is 0 Å². The van der Waals surface area contributed by atoms with Gasteiger partial charge < -0.3 is 10.4 Å². The zero-order valence-electron chi connectivity index (χ0n) is 10.0. The van der Waals surface area contributed by atoms with E-state index in [1.54, 1.807) is 13.2 Å². The highest BCUT2D eigenvalue weighted by Gasteiger charge is 2.34. The fourth-order valence-electron chi connectivity index (χ4n) is 1.49. The molecule has 0 fully saturated rings. The Morgan fingerprint density at radius 3 is 2.67 bits per heavy atom. The Balaban J connectivity index is 2.91. The van der Waals surface area contributed by atoms with E-state index in [1.807, 2.05) is 0 Å². The number of anilines is 1. The van der Waals surface area contributed by atoms with Crippen molar-refractivity contribution in [2.75, 3.05) is 18.2 Å². The van der Waals surface area contributed by atoms with E-state index in [2.05, 4.69) is 10.3 Å². The molecule has 0 bridgehead atoms. The minimum absolute atomic E-state index is 0.108. The molecule has 18 heavy (non-hydrogen) atoms. The standard InChI is InChI=1S/C11H15F3N2OS/c1-7(9(6-17)18-2)16-10-8(11(12,13)14)4-3-5-15-10/h3-5,7,9,17H,6H2,1-2H3,(H,15,16). The monoisotopic (exact) mass is 280 g/mol. The lowest BCUT2D eigenvalue weighted by Crippen LogP contribution is -2.32. The molecule has 1 aromatic heterocycles. The summed E-state index contributed by atoms with van der Waals surface area (Å²) in [5.74, 6) is -0.204. The summed E-state index contributed by atoms with van der Waals surface area (Å²) in [6.45, 7) is 1.61. The molecule has 3 nitrogen and oxygen atoms in total. The second-order valence-electron chi connectivity index (χ2n) is 3.79. The van der Waals surface area contributed by atoms with E-state index in [4.69, 9.17) is 5.11 Å². The predicted octanol–water partition coefficient (Wildman–Crippen LogP) is 2.62. The number of nitrogens with zero attached hydrogens (tertiary/aromatic N) is 1. The van der Waals surface area contributed by atoms with Gasteiger partial charge in [0.05, 0.1) is 12.2 Å². The summed E-state index contributed by atoms with van der Waals surface area (Å²) in [6.07, 6.45) is -1.34. The first kappa shape index (κ1) is 15.1. The molecule has 7 heteroatoms. The number of pyridine rings is 1. The SMILES string of the molecule is CSC(CO)C(C)Nc1ncccc1C(F)(F)F. The second kappa shape index (κ2) is 6.29. The van der Waals surface area contributed by atoms with Crippen LogP contribution >= 0.6 is 11.8 Å². The van der Waals surface area contributed by atoms with E-state index < -0.39 is 11.7 Å². The van der Waals surface area contributed by atoms with Crippen molar-refractivity contribution in [1.29, 1.82) is 0 Å². The summed E-state index contributed by atoms with van der Waals surface area (Å²) < 4.78 is 38.2. The van der Waals surface area contributed by atoms with E-state index in [9.17, 15) is 13.2 Å². The molecule has 0 aliphatic rings. The van der Waals surface area contributed by atoms with Crippen molar-refractivity contribution in [3.05, 3.63) is 23.9 Å². The molecule has 0 amide bonds. The summed E-state index contributed by atoms with van der Waals surface area (Å²) >= 11 is 1.39. The van der Waals surface area contributed by atoms with Gasteiger partial charge in [-0.2, -0.15) is 24.9 Å². The van der Waals surface area contributed by atoms with E-state index in [-0.39, 0.29) is 23.7 Å². The van der Waals surface area contributed by atoms with Gasteiger partial charge in [0.2, 0.25) is 0 Å². The number of aliphatic hydroxyl groups excluding tert-OH is 1. The van der Waals surface area contributed by atoms with Crippen LogP contribution in [0.15, 0.2) is 18.3 Å². The van der Waals surface area contributed by atoms with Gasteiger partial charge in [0.15, 0.2) is 0 Å². The number of thioether (sulfide) groups is 1. The molecule has 0 radical (unpaired) electrons. The van der Waals surface area contributed by atoms with Crippen molar-refractivity contribution >= 4 is 17.6 Å².